The minimum absolute atomic E-state index is 0.0492. The van der Waals surface area contributed by atoms with E-state index >= 15 is 0 Å². The number of alkyl halides is 3. The Morgan fingerprint density at radius 3 is 2.64 bits per heavy atom. The van der Waals surface area contributed by atoms with E-state index in [0.717, 1.165) is 4.68 Å². The number of rotatable bonds is 9. The lowest BCUT2D eigenvalue weighted by molar-refractivity contribution is -0.00177. The smallest absolute Gasteiger partial charge is 0.257 e. The zero-order valence-electron chi connectivity index (χ0n) is 19.2. The highest BCUT2D eigenvalue weighted by Crippen LogP contribution is 2.27. The predicted octanol–water partition coefficient (Wildman–Crippen LogP) is 3.49. The van der Waals surface area contributed by atoms with Gasteiger partial charge in [0.15, 0.2) is 5.65 Å². The van der Waals surface area contributed by atoms with Crippen LogP contribution in [0.4, 0.5) is 24.5 Å². The molecule has 0 saturated carbocycles. The van der Waals surface area contributed by atoms with Crippen LogP contribution in [-0.4, -0.2) is 65.1 Å². The molecule has 0 aliphatic rings. The minimum Gasteiger partial charge on any atom is -0.387 e. The molecule has 0 saturated heterocycles. The summed E-state index contributed by atoms with van der Waals surface area (Å²) in [6.45, 7) is 1.55. The molecule has 4 rings (SSSR count). The van der Waals surface area contributed by atoms with Crippen molar-refractivity contribution in [2.75, 3.05) is 11.9 Å². The third-order valence-electron chi connectivity index (χ3n) is 5.18. The maximum Gasteiger partial charge on any atom is 0.257 e. The van der Waals surface area contributed by atoms with Crippen LogP contribution in [0.15, 0.2) is 43.1 Å². The van der Waals surface area contributed by atoms with Crippen molar-refractivity contribution < 1.29 is 23.1 Å². The molecule has 0 aliphatic heterocycles. The van der Waals surface area contributed by atoms with Crippen LogP contribution < -0.4 is 10.6 Å². The van der Waals surface area contributed by atoms with Crippen LogP contribution in [0.3, 0.4) is 0 Å². The van der Waals surface area contributed by atoms with Crippen LogP contribution in [0.1, 0.15) is 24.2 Å². The van der Waals surface area contributed by atoms with Crippen LogP contribution in [0.25, 0.3) is 17.0 Å². The van der Waals surface area contributed by atoms with Crippen LogP contribution in [0.2, 0.25) is 5.02 Å². The number of aromatic nitrogens is 6. The number of amides is 1. The van der Waals surface area contributed by atoms with Gasteiger partial charge in [0.1, 0.15) is 18.4 Å². The fourth-order valence-electron chi connectivity index (χ4n) is 3.26. The van der Waals surface area contributed by atoms with Crippen LogP contribution in [-0.2, 0) is 6.54 Å². The number of carbonyl (C=O) groups excluding carboxylic acids is 1. The lowest BCUT2D eigenvalue weighted by Crippen LogP contribution is -2.42. The Hall–Kier alpha value is -3.71. The van der Waals surface area contributed by atoms with E-state index in [2.05, 4.69) is 30.8 Å². The van der Waals surface area contributed by atoms with E-state index < -0.39 is 37.2 Å². The quantitative estimate of drug-likeness (QED) is 0.307. The largest absolute Gasteiger partial charge is 0.387 e. The zero-order chi connectivity index (χ0) is 26.0. The Morgan fingerprint density at radius 1 is 1.14 bits per heavy atom. The lowest BCUT2D eigenvalue weighted by Gasteiger charge is -2.22. The van der Waals surface area contributed by atoms with E-state index in [-0.39, 0.29) is 11.3 Å². The first-order valence-electron chi connectivity index (χ1n) is 10.7. The maximum atomic E-state index is 14.2. The molecule has 0 aliphatic carbocycles. The molecule has 4 heterocycles. The number of fused-ring (bicyclic) bond motifs is 1. The summed E-state index contributed by atoms with van der Waals surface area (Å²) in [6, 6.07) is 3.16. The number of nitrogens with one attached hydrogen (secondary N) is 2. The normalized spacial score (nSPS) is 12.8. The first-order valence-corrected chi connectivity index (χ1v) is 11.1. The lowest BCUT2D eigenvalue weighted by atomic mass is 10.0. The van der Waals surface area contributed by atoms with E-state index in [1.165, 1.54) is 49.3 Å². The molecule has 1 amide bonds. The summed E-state index contributed by atoms with van der Waals surface area (Å²) in [4.78, 5) is 21.5. The number of anilines is 2. The Kier molecular flexibility index (Phi) is 7.13. The summed E-state index contributed by atoms with van der Waals surface area (Å²) < 4.78 is 42.2. The van der Waals surface area contributed by atoms with E-state index in [1.54, 1.807) is 12.1 Å². The fourth-order valence-corrected chi connectivity index (χ4v) is 3.40. The number of aliphatic hydroxyl groups is 1. The van der Waals surface area contributed by atoms with Gasteiger partial charge in [-0.25, -0.2) is 22.7 Å². The molecule has 36 heavy (non-hydrogen) atoms. The van der Waals surface area contributed by atoms with Crippen molar-refractivity contribution in [1.29, 1.82) is 0 Å². The molecular formula is C22H22ClF3N8O2. The monoisotopic (exact) mass is 522 g/mol. The second-order valence-corrected chi connectivity index (χ2v) is 8.94. The molecule has 0 aromatic carbocycles. The van der Waals surface area contributed by atoms with Gasteiger partial charge in [-0.3, -0.25) is 14.5 Å². The summed E-state index contributed by atoms with van der Waals surface area (Å²) in [6.07, 6.45) is 2.63. The van der Waals surface area contributed by atoms with Crippen molar-refractivity contribution in [2.24, 2.45) is 0 Å². The average Bonchev–Trinajstić information content (AvgIpc) is 3.42. The standard InChI is InChI=1S/C22H22ClF3N8O2/c1-22(2,36)18(24)9-29-21(35)14-7-27-16(17-8-28-20-3-12(23)5-31-34(17)20)4-15(14)32-13-6-30-33(10-13)11-19(25)26/h3-8,10,18-19,36H,9,11H2,1-2H3,(H,27,32)(H,29,35). The van der Waals surface area contributed by atoms with Gasteiger partial charge in [0.05, 0.1) is 58.4 Å². The highest BCUT2D eigenvalue weighted by atomic mass is 35.5. The van der Waals surface area contributed by atoms with Gasteiger partial charge in [0.2, 0.25) is 0 Å². The van der Waals surface area contributed by atoms with Crippen LogP contribution >= 0.6 is 11.6 Å². The van der Waals surface area contributed by atoms with Gasteiger partial charge in [-0.2, -0.15) is 10.2 Å². The second-order valence-electron chi connectivity index (χ2n) is 8.50. The molecular weight excluding hydrogens is 501 g/mol. The first-order chi connectivity index (χ1) is 17.0. The van der Waals surface area contributed by atoms with Crippen molar-refractivity contribution in [2.45, 2.75) is 38.6 Å². The van der Waals surface area contributed by atoms with Crippen molar-refractivity contribution in [3.8, 4) is 11.4 Å². The Bertz CT molecular complexity index is 1390. The first kappa shape index (κ1) is 25.4. The van der Waals surface area contributed by atoms with Crippen molar-refractivity contribution in [3.05, 3.63) is 53.7 Å². The number of hydrogen-bond donors (Lipinski definition) is 3. The molecule has 0 spiro atoms. The Balaban J connectivity index is 1.68. The molecule has 14 heteroatoms. The van der Waals surface area contributed by atoms with Crippen molar-refractivity contribution in [1.82, 2.24) is 34.7 Å². The molecule has 0 bridgehead atoms. The molecule has 1 atom stereocenters. The van der Waals surface area contributed by atoms with E-state index in [1.807, 2.05) is 0 Å². The fraction of sp³-hybridized carbons (Fsp3) is 0.318. The third-order valence-corrected chi connectivity index (χ3v) is 5.39. The molecule has 3 N–H and O–H groups in total. The topological polar surface area (TPSA) is 122 Å². The van der Waals surface area contributed by atoms with Gasteiger partial charge in [0, 0.05) is 18.5 Å². The van der Waals surface area contributed by atoms with E-state index in [0.29, 0.717) is 27.7 Å². The van der Waals surface area contributed by atoms with Gasteiger partial charge in [0.25, 0.3) is 12.3 Å². The average molecular weight is 523 g/mol. The summed E-state index contributed by atoms with van der Waals surface area (Å²) in [5, 5.41) is 23.7. The van der Waals surface area contributed by atoms with Gasteiger partial charge in [-0.15, -0.1) is 0 Å². The predicted molar refractivity (Wildman–Crippen MR) is 126 cm³/mol. The summed E-state index contributed by atoms with van der Waals surface area (Å²) in [5.41, 5.74) is 0.348. The molecule has 4 aromatic rings. The number of imidazole rings is 1. The number of carbonyl (C=O) groups is 1. The van der Waals surface area contributed by atoms with Crippen LogP contribution in [0.5, 0.6) is 0 Å². The number of halogens is 4. The zero-order valence-corrected chi connectivity index (χ0v) is 19.9. The molecule has 0 radical (unpaired) electrons. The number of pyridine rings is 1. The second kappa shape index (κ2) is 10.1. The Labute approximate surface area is 208 Å². The minimum atomic E-state index is -2.59. The summed E-state index contributed by atoms with van der Waals surface area (Å²) in [5.74, 6) is -0.661. The Morgan fingerprint density at radius 2 is 1.92 bits per heavy atom. The van der Waals surface area contributed by atoms with Gasteiger partial charge in [-0.1, -0.05) is 11.6 Å². The summed E-state index contributed by atoms with van der Waals surface area (Å²) >= 11 is 5.98. The molecule has 1 unspecified atom stereocenters. The number of nitrogens with zero attached hydrogens (tertiary/aromatic N) is 6. The molecule has 190 valence electrons. The SMILES string of the molecule is CC(C)(O)C(F)CNC(=O)c1cnc(-c2cnc3cc(Cl)cnn23)cc1Nc1cnn(CC(F)F)c1. The van der Waals surface area contributed by atoms with Crippen molar-refractivity contribution >= 4 is 34.5 Å². The van der Waals surface area contributed by atoms with E-state index in [4.69, 9.17) is 11.6 Å². The van der Waals surface area contributed by atoms with Gasteiger partial charge >= 0.3 is 0 Å². The van der Waals surface area contributed by atoms with Gasteiger partial charge < -0.3 is 15.7 Å². The third kappa shape index (κ3) is 5.74. The summed E-state index contributed by atoms with van der Waals surface area (Å²) in [7, 11) is 0. The van der Waals surface area contributed by atoms with Crippen molar-refractivity contribution in [3.63, 3.8) is 0 Å². The van der Waals surface area contributed by atoms with E-state index in [9.17, 15) is 23.1 Å². The van der Waals surface area contributed by atoms with Gasteiger partial charge in [-0.05, 0) is 19.9 Å². The highest BCUT2D eigenvalue weighted by molar-refractivity contribution is 6.30. The molecule has 10 nitrogen and oxygen atoms in total. The maximum absolute atomic E-state index is 14.2. The van der Waals surface area contributed by atoms with Crippen LogP contribution in [0, 0.1) is 0 Å². The highest BCUT2D eigenvalue weighted by Gasteiger charge is 2.27. The molecule has 4 aromatic heterocycles. The molecule has 0 fully saturated rings. The number of hydrogen-bond acceptors (Lipinski definition) is 7.